The first-order valence-corrected chi connectivity index (χ1v) is 7.10. The van der Waals surface area contributed by atoms with E-state index in [0.29, 0.717) is 11.5 Å². The van der Waals surface area contributed by atoms with E-state index in [1.54, 1.807) is 19.2 Å². The van der Waals surface area contributed by atoms with Gasteiger partial charge >= 0.3 is 0 Å². The van der Waals surface area contributed by atoms with Crippen LogP contribution in [0.4, 0.5) is 0 Å². The lowest BCUT2D eigenvalue weighted by Gasteiger charge is -2.14. The second-order valence-corrected chi connectivity index (χ2v) is 5.02. The van der Waals surface area contributed by atoms with E-state index in [-0.39, 0.29) is 18.4 Å². The predicted molar refractivity (Wildman–Crippen MR) is 84.2 cm³/mol. The fourth-order valence-corrected chi connectivity index (χ4v) is 2.21. The molecule has 0 aliphatic carbocycles. The molecule has 0 bridgehead atoms. The topological polar surface area (TPSA) is 55.8 Å². The van der Waals surface area contributed by atoms with Crippen LogP contribution in [-0.2, 0) is 16.1 Å². The number of hydrogen-bond donors (Lipinski definition) is 0. The third kappa shape index (κ3) is 3.40. The lowest BCUT2D eigenvalue weighted by atomic mass is 10.2. The molecule has 0 fully saturated rings. The molecule has 1 aliphatic rings. The summed E-state index contributed by atoms with van der Waals surface area (Å²) in [5, 5.41) is 0. The van der Waals surface area contributed by atoms with Crippen molar-refractivity contribution >= 4 is 11.8 Å². The summed E-state index contributed by atoms with van der Waals surface area (Å²) in [4.78, 5) is 24.3. The molecule has 23 heavy (non-hydrogen) atoms. The summed E-state index contributed by atoms with van der Waals surface area (Å²) in [6, 6.07) is 14.5. The number of imide groups is 1. The third-order valence-corrected chi connectivity index (χ3v) is 3.46. The van der Waals surface area contributed by atoms with Gasteiger partial charge in [-0.25, -0.2) is 0 Å². The summed E-state index contributed by atoms with van der Waals surface area (Å²) in [7, 11) is 1.61. The molecule has 5 nitrogen and oxygen atoms in total. The largest absolute Gasteiger partial charge is 0.497 e. The number of hydrogen-bond acceptors (Lipinski definition) is 4. The molecule has 0 saturated carbocycles. The molecule has 0 N–H and O–H groups in total. The fourth-order valence-electron chi connectivity index (χ4n) is 2.21. The van der Waals surface area contributed by atoms with Crippen LogP contribution in [-0.4, -0.2) is 23.8 Å². The van der Waals surface area contributed by atoms with E-state index in [0.717, 1.165) is 11.3 Å². The summed E-state index contributed by atoms with van der Waals surface area (Å²) in [6.07, 6.45) is 2.56. The van der Waals surface area contributed by atoms with Crippen molar-refractivity contribution in [3.8, 4) is 17.2 Å². The van der Waals surface area contributed by atoms with E-state index in [9.17, 15) is 9.59 Å². The van der Waals surface area contributed by atoms with Crippen LogP contribution in [0.15, 0.2) is 60.7 Å². The van der Waals surface area contributed by atoms with Crippen molar-refractivity contribution in [1.82, 2.24) is 4.90 Å². The minimum Gasteiger partial charge on any atom is -0.497 e. The van der Waals surface area contributed by atoms with Crippen molar-refractivity contribution < 1.29 is 19.1 Å². The quantitative estimate of drug-likeness (QED) is 0.797. The van der Waals surface area contributed by atoms with Crippen molar-refractivity contribution in [3.63, 3.8) is 0 Å². The van der Waals surface area contributed by atoms with Crippen LogP contribution in [0.25, 0.3) is 0 Å². The summed E-state index contributed by atoms with van der Waals surface area (Å²) in [6.45, 7) is 0.257. The van der Waals surface area contributed by atoms with E-state index in [1.807, 2.05) is 36.4 Å². The average molecular weight is 309 g/mol. The van der Waals surface area contributed by atoms with Gasteiger partial charge in [-0.15, -0.1) is 0 Å². The first kappa shape index (κ1) is 14.8. The third-order valence-electron chi connectivity index (χ3n) is 3.46. The monoisotopic (exact) mass is 309 g/mol. The highest BCUT2D eigenvalue weighted by Crippen LogP contribution is 2.24. The Morgan fingerprint density at radius 2 is 1.26 bits per heavy atom. The number of amides is 2. The molecule has 0 unspecified atom stereocenters. The van der Waals surface area contributed by atoms with Gasteiger partial charge in [-0.1, -0.05) is 12.1 Å². The van der Waals surface area contributed by atoms with Crippen molar-refractivity contribution in [3.05, 3.63) is 66.2 Å². The number of methoxy groups -OCH3 is 1. The Balaban J connectivity index is 1.64. The number of rotatable bonds is 5. The number of benzene rings is 2. The highest BCUT2D eigenvalue weighted by Gasteiger charge is 2.23. The molecule has 0 atom stereocenters. The van der Waals surface area contributed by atoms with E-state index in [1.165, 1.54) is 17.1 Å². The lowest BCUT2D eigenvalue weighted by Crippen LogP contribution is -2.29. The second kappa shape index (κ2) is 6.36. The van der Waals surface area contributed by atoms with Gasteiger partial charge < -0.3 is 9.47 Å². The van der Waals surface area contributed by atoms with Gasteiger partial charge in [-0.2, -0.15) is 0 Å². The zero-order chi connectivity index (χ0) is 16.2. The van der Waals surface area contributed by atoms with Crippen molar-refractivity contribution in [2.24, 2.45) is 0 Å². The van der Waals surface area contributed by atoms with Gasteiger partial charge in [0.15, 0.2) is 0 Å². The molecule has 0 spiro atoms. The van der Waals surface area contributed by atoms with Gasteiger partial charge in [0.05, 0.1) is 13.7 Å². The van der Waals surface area contributed by atoms with Crippen LogP contribution in [0.2, 0.25) is 0 Å². The maximum absolute atomic E-state index is 11.5. The number of ether oxygens (including phenoxy) is 2. The smallest absolute Gasteiger partial charge is 0.253 e. The normalized spacial score (nSPS) is 13.5. The lowest BCUT2D eigenvalue weighted by molar-refractivity contribution is -0.137. The molecule has 116 valence electrons. The average Bonchev–Trinajstić information content (AvgIpc) is 2.89. The minimum absolute atomic E-state index is 0.257. The summed E-state index contributed by atoms with van der Waals surface area (Å²) in [5.41, 5.74) is 0.859. The molecule has 2 aromatic carbocycles. The van der Waals surface area contributed by atoms with Gasteiger partial charge in [-0.05, 0) is 42.0 Å². The van der Waals surface area contributed by atoms with Crippen LogP contribution in [0.1, 0.15) is 5.56 Å². The van der Waals surface area contributed by atoms with Gasteiger partial charge in [-0.3, -0.25) is 14.5 Å². The fraction of sp³-hybridized carbons (Fsp3) is 0.111. The molecule has 1 aliphatic heterocycles. The van der Waals surface area contributed by atoms with E-state index in [2.05, 4.69) is 0 Å². The minimum atomic E-state index is -0.284. The number of carbonyl (C=O) groups is 2. The zero-order valence-corrected chi connectivity index (χ0v) is 12.6. The Hall–Kier alpha value is -3.08. The molecular weight excluding hydrogens is 294 g/mol. The maximum atomic E-state index is 11.5. The van der Waals surface area contributed by atoms with Crippen molar-refractivity contribution in [2.75, 3.05) is 7.11 Å². The molecule has 3 rings (SSSR count). The van der Waals surface area contributed by atoms with Gasteiger partial charge in [0.1, 0.15) is 17.2 Å². The molecule has 1 heterocycles. The van der Waals surface area contributed by atoms with Crippen LogP contribution < -0.4 is 9.47 Å². The van der Waals surface area contributed by atoms with E-state index < -0.39 is 0 Å². The van der Waals surface area contributed by atoms with E-state index >= 15 is 0 Å². The molecule has 0 radical (unpaired) electrons. The maximum Gasteiger partial charge on any atom is 0.253 e. The SMILES string of the molecule is COc1ccc(Oc2ccc(CN3C(=O)C=CC3=O)cc2)cc1. The first-order chi connectivity index (χ1) is 11.2. The van der Waals surface area contributed by atoms with E-state index in [4.69, 9.17) is 9.47 Å². The Morgan fingerprint density at radius 1 is 0.783 bits per heavy atom. The Morgan fingerprint density at radius 3 is 1.78 bits per heavy atom. The molecule has 0 aromatic heterocycles. The first-order valence-electron chi connectivity index (χ1n) is 7.10. The van der Waals surface area contributed by atoms with Crippen molar-refractivity contribution in [2.45, 2.75) is 6.54 Å². The highest BCUT2D eigenvalue weighted by molar-refractivity contribution is 6.12. The Kier molecular flexibility index (Phi) is 4.10. The standard InChI is InChI=1S/C18H15NO4/c1-22-14-6-8-16(9-7-14)23-15-4-2-13(3-5-15)12-19-17(20)10-11-18(19)21/h2-11H,12H2,1H3. The van der Waals surface area contributed by atoms with Crippen LogP contribution >= 0.6 is 0 Å². The second-order valence-electron chi connectivity index (χ2n) is 5.02. The van der Waals surface area contributed by atoms with Gasteiger partial charge in [0.25, 0.3) is 11.8 Å². The highest BCUT2D eigenvalue weighted by atomic mass is 16.5. The zero-order valence-electron chi connectivity index (χ0n) is 12.6. The Bertz CT molecular complexity index is 730. The molecule has 0 saturated heterocycles. The summed E-state index contributed by atoms with van der Waals surface area (Å²) < 4.78 is 10.8. The van der Waals surface area contributed by atoms with Crippen LogP contribution in [0.3, 0.4) is 0 Å². The molecule has 2 aromatic rings. The van der Waals surface area contributed by atoms with Crippen molar-refractivity contribution in [1.29, 1.82) is 0 Å². The van der Waals surface area contributed by atoms with Gasteiger partial charge in [0.2, 0.25) is 0 Å². The number of carbonyl (C=O) groups excluding carboxylic acids is 2. The van der Waals surface area contributed by atoms with Gasteiger partial charge in [0, 0.05) is 12.2 Å². The van der Waals surface area contributed by atoms with Crippen LogP contribution in [0, 0.1) is 0 Å². The molecular formula is C18H15NO4. The number of nitrogens with zero attached hydrogens (tertiary/aromatic N) is 1. The molecule has 5 heteroatoms. The molecule has 2 amide bonds. The predicted octanol–water partition coefficient (Wildman–Crippen LogP) is 2.91. The van der Waals surface area contributed by atoms with Crippen LogP contribution in [0.5, 0.6) is 17.2 Å². The summed E-state index contributed by atoms with van der Waals surface area (Å²) >= 11 is 0. The summed E-state index contributed by atoms with van der Waals surface area (Å²) in [5.74, 6) is 1.58. The Labute approximate surface area is 133 Å².